The molecule has 4 heteroatoms. The third-order valence-corrected chi connectivity index (χ3v) is 4.69. The van der Waals surface area contributed by atoms with Gasteiger partial charge in [-0.05, 0) is 36.1 Å². The van der Waals surface area contributed by atoms with Crippen molar-refractivity contribution in [2.45, 2.75) is 25.9 Å². The quantitative estimate of drug-likeness (QED) is 0.939. The van der Waals surface area contributed by atoms with Gasteiger partial charge >= 0.3 is 0 Å². The van der Waals surface area contributed by atoms with Crippen LogP contribution in [0.5, 0.6) is 0 Å². The lowest BCUT2D eigenvalue weighted by Crippen LogP contribution is -2.47. The Labute approximate surface area is 143 Å². The number of aryl methyl sites for hydroxylation is 1. The van der Waals surface area contributed by atoms with E-state index >= 15 is 0 Å². The summed E-state index contributed by atoms with van der Waals surface area (Å²) >= 11 is 0. The van der Waals surface area contributed by atoms with E-state index in [1.54, 1.807) is 4.90 Å². The molecule has 4 nitrogen and oxygen atoms in total. The lowest BCUT2D eigenvalue weighted by Gasteiger charge is -2.35. The van der Waals surface area contributed by atoms with E-state index in [4.69, 9.17) is 5.73 Å². The summed E-state index contributed by atoms with van der Waals surface area (Å²) in [6.45, 7) is 3.80. The Hall–Kier alpha value is -2.33. The average molecular weight is 323 g/mol. The van der Waals surface area contributed by atoms with E-state index in [0.29, 0.717) is 13.1 Å². The standard InChI is InChI=1S/C20H25N3O/c1-15-7-3-4-9-17(15)12-22(2)20(24)14-23-13-18(21)11-16-8-5-6-10-19(16)23/h3-10,18H,11-14,21H2,1-2H3. The number of hydrogen-bond donors (Lipinski definition) is 1. The van der Waals surface area contributed by atoms with Crippen LogP contribution in [0.15, 0.2) is 48.5 Å². The summed E-state index contributed by atoms with van der Waals surface area (Å²) in [5.41, 5.74) is 10.9. The zero-order valence-electron chi connectivity index (χ0n) is 14.4. The van der Waals surface area contributed by atoms with Gasteiger partial charge < -0.3 is 15.5 Å². The van der Waals surface area contributed by atoms with E-state index in [9.17, 15) is 4.79 Å². The maximum atomic E-state index is 12.7. The molecule has 126 valence electrons. The van der Waals surface area contributed by atoms with Gasteiger partial charge in [0.15, 0.2) is 0 Å². The number of benzene rings is 2. The third kappa shape index (κ3) is 3.60. The average Bonchev–Trinajstić information content (AvgIpc) is 2.56. The van der Waals surface area contributed by atoms with Crippen molar-refractivity contribution in [1.29, 1.82) is 0 Å². The van der Waals surface area contributed by atoms with Crippen molar-refractivity contribution in [2.75, 3.05) is 25.0 Å². The molecule has 24 heavy (non-hydrogen) atoms. The van der Waals surface area contributed by atoms with Crippen LogP contribution in [-0.4, -0.2) is 37.0 Å². The molecule has 1 unspecified atom stereocenters. The molecule has 2 N–H and O–H groups in total. The summed E-state index contributed by atoms with van der Waals surface area (Å²) in [4.78, 5) is 16.6. The molecule has 0 aromatic heterocycles. The smallest absolute Gasteiger partial charge is 0.242 e. The second-order valence-corrected chi connectivity index (χ2v) is 6.65. The van der Waals surface area contributed by atoms with Crippen molar-refractivity contribution in [2.24, 2.45) is 5.73 Å². The molecule has 0 bridgehead atoms. The van der Waals surface area contributed by atoms with Gasteiger partial charge in [-0.1, -0.05) is 42.5 Å². The molecule has 0 fully saturated rings. The molecule has 1 amide bonds. The van der Waals surface area contributed by atoms with Crippen molar-refractivity contribution in [3.63, 3.8) is 0 Å². The molecule has 1 heterocycles. The Morgan fingerprint density at radius 3 is 2.71 bits per heavy atom. The van der Waals surface area contributed by atoms with Gasteiger partial charge in [-0.25, -0.2) is 0 Å². The fraction of sp³-hybridized carbons (Fsp3) is 0.350. The van der Waals surface area contributed by atoms with Crippen molar-refractivity contribution in [1.82, 2.24) is 4.90 Å². The minimum absolute atomic E-state index is 0.0781. The van der Waals surface area contributed by atoms with Gasteiger partial charge in [0, 0.05) is 31.9 Å². The highest BCUT2D eigenvalue weighted by atomic mass is 16.2. The maximum absolute atomic E-state index is 12.7. The summed E-state index contributed by atoms with van der Waals surface area (Å²) in [5.74, 6) is 0.113. The largest absolute Gasteiger partial charge is 0.360 e. The number of amides is 1. The van der Waals surface area contributed by atoms with E-state index in [-0.39, 0.29) is 11.9 Å². The van der Waals surface area contributed by atoms with E-state index in [1.807, 2.05) is 31.3 Å². The number of para-hydroxylation sites is 1. The van der Waals surface area contributed by atoms with Crippen LogP contribution >= 0.6 is 0 Å². The predicted octanol–water partition coefficient (Wildman–Crippen LogP) is 2.34. The number of carbonyl (C=O) groups is 1. The van der Waals surface area contributed by atoms with Crippen LogP contribution in [0.2, 0.25) is 0 Å². The van der Waals surface area contributed by atoms with Crippen LogP contribution in [0.3, 0.4) is 0 Å². The zero-order chi connectivity index (χ0) is 17.1. The Balaban J connectivity index is 1.69. The van der Waals surface area contributed by atoms with Crippen LogP contribution in [0.4, 0.5) is 5.69 Å². The number of anilines is 1. The molecule has 3 rings (SSSR count). The van der Waals surface area contributed by atoms with E-state index in [1.165, 1.54) is 16.7 Å². The third-order valence-electron chi connectivity index (χ3n) is 4.69. The zero-order valence-corrected chi connectivity index (χ0v) is 14.4. The number of fused-ring (bicyclic) bond motifs is 1. The Morgan fingerprint density at radius 1 is 1.21 bits per heavy atom. The number of nitrogens with zero attached hydrogens (tertiary/aromatic N) is 2. The SMILES string of the molecule is Cc1ccccc1CN(C)C(=O)CN1CC(N)Cc2ccccc21. The van der Waals surface area contributed by atoms with Crippen LogP contribution in [0.25, 0.3) is 0 Å². The first-order chi connectivity index (χ1) is 11.5. The van der Waals surface area contributed by atoms with Gasteiger partial charge in [0.25, 0.3) is 0 Å². The second kappa shape index (κ2) is 7.05. The Morgan fingerprint density at radius 2 is 1.92 bits per heavy atom. The minimum atomic E-state index is 0.0781. The molecule has 0 radical (unpaired) electrons. The molecule has 0 spiro atoms. The molecular formula is C20H25N3O. The molecule has 1 aliphatic heterocycles. The first-order valence-corrected chi connectivity index (χ1v) is 8.41. The number of rotatable bonds is 4. The Kier molecular flexibility index (Phi) is 4.86. The van der Waals surface area contributed by atoms with Crippen LogP contribution in [0.1, 0.15) is 16.7 Å². The second-order valence-electron chi connectivity index (χ2n) is 6.65. The summed E-state index contributed by atoms with van der Waals surface area (Å²) in [7, 11) is 1.87. The fourth-order valence-electron chi connectivity index (χ4n) is 3.29. The highest BCUT2D eigenvalue weighted by Crippen LogP contribution is 2.26. The fourth-order valence-corrected chi connectivity index (χ4v) is 3.29. The summed E-state index contributed by atoms with van der Waals surface area (Å²) in [6.07, 6.45) is 0.875. The molecule has 2 aromatic carbocycles. The number of nitrogens with two attached hydrogens (primary N) is 1. The summed E-state index contributed by atoms with van der Waals surface area (Å²) < 4.78 is 0. The lowest BCUT2D eigenvalue weighted by molar-refractivity contribution is -0.129. The van der Waals surface area contributed by atoms with Gasteiger partial charge in [-0.3, -0.25) is 4.79 Å². The van der Waals surface area contributed by atoms with E-state index in [0.717, 1.165) is 18.7 Å². The monoisotopic (exact) mass is 323 g/mol. The van der Waals surface area contributed by atoms with Crippen molar-refractivity contribution >= 4 is 11.6 Å². The molecule has 0 saturated carbocycles. The first kappa shape index (κ1) is 16.5. The molecule has 1 aliphatic rings. The summed E-state index contributed by atoms with van der Waals surface area (Å²) in [5, 5.41) is 0. The highest BCUT2D eigenvalue weighted by molar-refractivity contribution is 5.82. The molecule has 0 saturated heterocycles. The van der Waals surface area contributed by atoms with E-state index in [2.05, 4.69) is 36.1 Å². The first-order valence-electron chi connectivity index (χ1n) is 8.41. The van der Waals surface area contributed by atoms with Crippen LogP contribution in [0, 0.1) is 6.92 Å². The number of likely N-dealkylation sites (N-methyl/N-ethyl adjacent to an activating group) is 1. The number of carbonyl (C=O) groups excluding carboxylic acids is 1. The summed E-state index contributed by atoms with van der Waals surface area (Å²) in [6, 6.07) is 16.5. The van der Waals surface area contributed by atoms with Crippen molar-refractivity contribution in [3.8, 4) is 0 Å². The van der Waals surface area contributed by atoms with Gasteiger partial charge in [-0.15, -0.1) is 0 Å². The highest BCUT2D eigenvalue weighted by Gasteiger charge is 2.24. The molecule has 2 aromatic rings. The molecular weight excluding hydrogens is 298 g/mol. The minimum Gasteiger partial charge on any atom is -0.360 e. The maximum Gasteiger partial charge on any atom is 0.242 e. The van der Waals surface area contributed by atoms with E-state index < -0.39 is 0 Å². The van der Waals surface area contributed by atoms with Crippen molar-refractivity contribution < 1.29 is 4.79 Å². The molecule has 0 aliphatic carbocycles. The van der Waals surface area contributed by atoms with Crippen LogP contribution < -0.4 is 10.6 Å². The Bertz CT molecular complexity index is 728. The van der Waals surface area contributed by atoms with Crippen molar-refractivity contribution in [3.05, 3.63) is 65.2 Å². The van der Waals surface area contributed by atoms with Gasteiger partial charge in [0.05, 0.1) is 6.54 Å². The van der Waals surface area contributed by atoms with Gasteiger partial charge in [0.1, 0.15) is 0 Å². The number of hydrogen-bond acceptors (Lipinski definition) is 3. The molecule has 1 atom stereocenters. The van der Waals surface area contributed by atoms with Gasteiger partial charge in [-0.2, -0.15) is 0 Å². The lowest BCUT2D eigenvalue weighted by atomic mass is 9.98. The normalized spacial score (nSPS) is 16.6. The topological polar surface area (TPSA) is 49.6 Å². The van der Waals surface area contributed by atoms with Crippen LogP contribution in [-0.2, 0) is 17.8 Å². The van der Waals surface area contributed by atoms with Gasteiger partial charge in [0.2, 0.25) is 5.91 Å². The predicted molar refractivity (Wildman–Crippen MR) is 98.0 cm³/mol.